The second-order valence-electron chi connectivity index (χ2n) is 12.8. The van der Waals surface area contributed by atoms with Crippen molar-refractivity contribution in [1.82, 2.24) is 4.90 Å². The number of allylic oxidation sites excluding steroid dienone is 5. The maximum atomic E-state index is 12.4. The predicted molar refractivity (Wildman–Crippen MR) is 192 cm³/mol. The lowest BCUT2D eigenvalue weighted by atomic mass is 9.96. The molecule has 47 heavy (non-hydrogen) atoms. The first kappa shape index (κ1) is 44.4. The van der Waals surface area contributed by atoms with Crippen LogP contribution in [0.4, 0.5) is 4.79 Å². The fourth-order valence-corrected chi connectivity index (χ4v) is 4.96. The molecule has 0 aromatic rings. The van der Waals surface area contributed by atoms with Gasteiger partial charge in [0, 0.05) is 12.8 Å². The molecule has 0 aliphatic rings. The number of nitrogens with zero attached hydrogens (tertiary/aromatic N) is 1. The van der Waals surface area contributed by atoms with E-state index in [0.717, 1.165) is 90.0 Å². The lowest BCUT2D eigenvalue weighted by Gasteiger charge is -2.18. The monoisotopic (exact) mass is 664 g/mol. The molecule has 0 radical (unpaired) electrons. The van der Waals surface area contributed by atoms with Gasteiger partial charge in [0.15, 0.2) is 0 Å². The first-order valence-electron chi connectivity index (χ1n) is 18.5. The molecule has 0 N–H and O–H groups in total. The van der Waals surface area contributed by atoms with Crippen molar-refractivity contribution in [1.29, 1.82) is 0 Å². The number of carbonyl (C=O) groups is 3. The first-order chi connectivity index (χ1) is 22.8. The Balaban J connectivity index is 4.36. The molecular formula is C39H69NO7. The molecular weight excluding hydrogens is 594 g/mol. The van der Waals surface area contributed by atoms with Crippen molar-refractivity contribution in [2.45, 2.75) is 136 Å². The van der Waals surface area contributed by atoms with Crippen LogP contribution in [0.3, 0.4) is 0 Å². The number of ether oxygens (including phenoxy) is 4. The van der Waals surface area contributed by atoms with Gasteiger partial charge in [0.25, 0.3) is 0 Å². The molecule has 0 fully saturated rings. The number of hydrogen-bond donors (Lipinski definition) is 0. The standard InChI is InChI=1S/C39H69NO7/c1-6-9-10-11-12-13-14-15-16-17-18-19-20-21-22-28-37(41)45-32-36(34-47-39(43)44-31-24-23-30-40(4)5)33-46-38(42)29-25-27-35(8-3)26-7-2/h7,12-13,15-16,35-36H,2,6,8-11,14,17-34H2,1,3-5H3/b13-12-,16-15-. The number of rotatable bonds is 32. The molecule has 0 aromatic carbocycles. The Kier molecular flexibility index (Phi) is 31.4. The summed E-state index contributed by atoms with van der Waals surface area (Å²) in [6.07, 6.45) is 28.5. The molecule has 0 amide bonds. The van der Waals surface area contributed by atoms with E-state index in [1.165, 1.54) is 25.7 Å². The highest BCUT2D eigenvalue weighted by atomic mass is 16.7. The van der Waals surface area contributed by atoms with Gasteiger partial charge in [-0.1, -0.05) is 82.8 Å². The molecule has 0 aliphatic carbocycles. The largest absolute Gasteiger partial charge is 0.508 e. The molecule has 8 nitrogen and oxygen atoms in total. The van der Waals surface area contributed by atoms with Crippen LogP contribution < -0.4 is 0 Å². The molecule has 8 heteroatoms. The van der Waals surface area contributed by atoms with Crippen LogP contribution in [-0.4, -0.2) is 70.1 Å². The third kappa shape index (κ3) is 31.7. The number of esters is 2. The van der Waals surface area contributed by atoms with Gasteiger partial charge in [-0.05, 0) is 97.2 Å². The summed E-state index contributed by atoms with van der Waals surface area (Å²) in [5.74, 6) is -0.529. The van der Waals surface area contributed by atoms with E-state index >= 15 is 0 Å². The number of hydrogen-bond acceptors (Lipinski definition) is 8. The van der Waals surface area contributed by atoms with Gasteiger partial charge < -0.3 is 23.8 Å². The van der Waals surface area contributed by atoms with Gasteiger partial charge in [0.1, 0.15) is 19.8 Å². The van der Waals surface area contributed by atoms with E-state index in [4.69, 9.17) is 18.9 Å². The van der Waals surface area contributed by atoms with Crippen molar-refractivity contribution in [2.24, 2.45) is 11.8 Å². The molecule has 0 aromatic heterocycles. The molecule has 0 saturated carbocycles. The van der Waals surface area contributed by atoms with Crippen molar-refractivity contribution >= 4 is 18.1 Å². The van der Waals surface area contributed by atoms with E-state index in [-0.39, 0.29) is 38.4 Å². The van der Waals surface area contributed by atoms with Crippen LogP contribution in [0.15, 0.2) is 37.0 Å². The molecule has 0 spiro atoms. The van der Waals surface area contributed by atoms with Gasteiger partial charge in [-0.2, -0.15) is 0 Å². The number of unbranched alkanes of at least 4 members (excludes halogenated alkanes) is 9. The third-order valence-electron chi connectivity index (χ3n) is 8.02. The Morgan fingerprint density at radius 1 is 0.660 bits per heavy atom. The first-order valence-corrected chi connectivity index (χ1v) is 18.5. The molecule has 0 rings (SSSR count). The normalized spacial score (nSPS) is 12.8. The van der Waals surface area contributed by atoms with Crippen molar-refractivity contribution in [3.63, 3.8) is 0 Å². The molecule has 2 unspecified atom stereocenters. The summed E-state index contributed by atoms with van der Waals surface area (Å²) in [6.45, 7) is 9.34. The van der Waals surface area contributed by atoms with E-state index in [9.17, 15) is 14.4 Å². The maximum Gasteiger partial charge on any atom is 0.508 e. The smallest absolute Gasteiger partial charge is 0.465 e. The van der Waals surface area contributed by atoms with Crippen LogP contribution in [0, 0.1) is 11.8 Å². The van der Waals surface area contributed by atoms with Crippen molar-refractivity contribution < 1.29 is 33.3 Å². The average molecular weight is 664 g/mol. The Bertz CT molecular complexity index is 839. The minimum atomic E-state index is -0.768. The Morgan fingerprint density at radius 2 is 1.26 bits per heavy atom. The summed E-state index contributed by atoms with van der Waals surface area (Å²) in [5, 5.41) is 0. The van der Waals surface area contributed by atoms with Gasteiger partial charge in [-0.3, -0.25) is 9.59 Å². The molecule has 0 aliphatic heterocycles. The fourth-order valence-electron chi connectivity index (χ4n) is 4.96. The van der Waals surface area contributed by atoms with Crippen LogP contribution in [0.1, 0.15) is 136 Å². The zero-order valence-electron chi connectivity index (χ0n) is 30.5. The average Bonchev–Trinajstić information content (AvgIpc) is 3.05. The zero-order chi connectivity index (χ0) is 34.8. The third-order valence-corrected chi connectivity index (χ3v) is 8.02. The lowest BCUT2D eigenvalue weighted by molar-refractivity contribution is -0.150. The van der Waals surface area contributed by atoms with Gasteiger partial charge >= 0.3 is 18.1 Å². The van der Waals surface area contributed by atoms with Crippen LogP contribution >= 0.6 is 0 Å². The summed E-state index contributed by atoms with van der Waals surface area (Å²) < 4.78 is 21.4. The van der Waals surface area contributed by atoms with Crippen molar-refractivity contribution in [3.05, 3.63) is 37.0 Å². The van der Waals surface area contributed by atoms with E-state index in [1.807, 2.05) is 20.2 Å². The summed E-state index contributed by atoms with van der Waals surface area (Å²) in [5.41, 5.74) is 0. The second kappa shape index (κ2) is 33.3. The highest BCUT2D eigenvalue weighted by Gasteiger charge is 2.18. The summed E-state index contributed by atoms with van der Waals surface area (Å²) in [4.78, 5) is 39.0. The van der Waals surface area contributed by atoms with Crippen LogP contribution in [0.2, 0.25) is 0 Å². The summed E-state index contributed by atoms with van der Waals surface area (Å²) in [7, 11) is 3.99. The van der Waals surface area contributed by atoms with Crippen molar-refractivity contribution in [3.8, 4) is 0 Å². The van der Waals surface area contributed by atoms with Crippen LogP contribution in [-0.2, 0) is 28.5 Å². The quantitative estimate of drug-likeness (QED) is 0.0304. The topological polar surface area (TPSA) is 91.4 Å². The van der Waals surface area contributed by atoms with Crippen LogP contribution in [0.5, 0.6) is 0 Å². The molecule has 0 bridgehead atoms. The summed E-state index contributed by atoms with van der Waals surface area (Å²) in [6, 6.07) is 0. The van der Waals surface area contributed by atoms with E-state index in [2.05, 4.69) is 49.6 Å². The summed E-state index contributed by atoms with van der Waals surface area (Å²) >= 11 is 0. The van der Waals surface area contributed by atoms with Crippen LogP contribution in [0.25, 0.3) is 0 Å². The fraction of sp³-hybridized carbons (Fsp3) is 0.769. The molecule has 2 atom stereocenters. The van der Waals surface area contributed by atoms with Crippen molar-refractivity contribution in [2.75, 3.05) is 47.1 Å². The lowest BCUT2D eigenvalue weighted by Crippen LogP contribution is -2.26. The second-order valence-corrected chi connectivity index (χ2v) is 12.8. The van der Waals surface area contributed by atoms with Gasteiger partial charge in [0.2, 0.25) is 0 Å². The Morgan fingerprint density at radius 3 is 1.87 bits per heavy atom. The highest BCUT2D eigenvalue weighted by molar-refractivity contribution is 5.69. The minimum Gasteiger partial charge on any atom is -0.465 e. The van der Waals surface area contributed by atoms with E-state index in [0.29, 0.717) is 18.8 Å². The molecule has 272 valence electrons. The van der Waals surface area contributed by atoms with Gasteiger partial charge in [-0.25, -0.2) is 4.79 Å². The minimum absolute atomic E-state index is 0.00971. The molecule has 0 saturated heterocycles. The Labute approximate surface area is 287 Å². The van der Waals surface area contributed by atoms with Gasteiger partial charge in [0.05, 0.1) is 12.5 Å². The maximum absolute atomic E-state index is 12.4. The highest BCUT2D eigenvalue weighted by Crippen LogP contribution is 2.17. The Hall–Kier alpha value is -2.61. The molecule has 0 heterocycles. The predicted octanol–water partition coefficient (Wildman–Crippen LogP) is 9.77. The number of carbonyl (C=O) groups excluding carboxylic acids is 3. The van der Waals surface area contributed by atoms with Gasteiger partial charge in [-0.15, -0.1) is 6.58 Å². The zero-order valence-corrected chi connectivity index (χ0v) is 30.5. The SMILES string of the molecule is C=CCC(CC)CCCC(=O)OCC(COC(=O)CCCCCCC/C=C\C/C=C\CCCCC)COC(=O)OCCCCN(C)C. The van der Waals surface area contributed by atoms with E-state index in [1.54, 1.807) is 0 Å². The van der Waals surface area contributed by atoms with E-state index < -0.39 is 12.1 Å².